The van der Waals surface area contributed by atoms with Crippen LogP contribution in [0.15, 0.2) is 24.3 Å². The molecular weight excluding hydrogens is 206 g/mol. The minimum Gasteiger partial charge on any atom is -0.325 e. The summed E-state index contributed by atoms with van der Waals surface area (Å²) in [7, 11) is 0. The van der Waals surface area contributed by atoms with Gasteiger partial charge in [-0.25, -0.2) is 0 Å². The topological polar surface area (TPSA) is 26.0 Å². The van der Waals surface area contributed by atoms with Crippen molar-refractivity contribution in [3.05, 3.63) is 34.9 Å². The first-order chi connectivity index (χ1) is 7.18. The molecule has 1 aromatic carbocycles. The number of rotatable bonds is 3. The SMILES string of the molecule is NC1(CCc2cccc(Cl)c2)CCCC1. The molecule has 0 aromatic heterocycles. The Morgan fingerprint density at radius 1 is 1.27 bits per heavy atom. The Morgan fingerprint density at radius 3 is 2.67 bits per heavy atom. The van der Waals surface area contributed by atoms with E-state index in [2.05, 4.69) is 6.07 Å². The van der Waals surface area contributed by atoms with Crippen molar-refractivity contribution in [3.63, 3.8) is 0 Å². The molecule has 0 bridgehead atoms. The molecule has 0 atom stereocenters. The predicted octanol–water partition coefficient (Wildman–Crippen LogP) is 3.54. The zero-order valence-corrected chi connectivity index (χ0v) is 9.76. The maximum atomic E-state index is 6.31. The van der Waals surface area contributed by atoms with Gasteiger partial charge >= 0.3 is 0 Å². The van der Waals surface area contributed by atoms with Crippen LogP contribution in [0, 0.1) is 0 Å². The van der Waals surface area contributed by atoms with Crippen LogP contribution in [-0.4, -0.2) is 5.54 Å². The maximum Gasteiger partial charge on any atom is 0.0408 e. The molecular formula is C13H18ClN. The summed E-state index contributed by atoms with van der Waals surface area (Å²) < 4.78 is 0. The van der Waals surface area contributed by atoms with Crippen LogP contribution in [0.5, 0.6) is 0 Å². The Morgan fingerprint density at radius 2 is 2.00 bits per heavy atom. The molecule has 1 aliphatic carbocycles. The van der Waals surface area contributed by atoms with Gasteiger partial charge in [-0.15, -0.1) is 0 Å². The second-order valence-corrected chi connectivity index (χ2v) is 5.14. The number of aryl methyl sites for hydroxylation is 1. The van der Waals surface area contributed by atoms with Crippen molar-refractivity contribution in [2.45, 2.75) is 44.1 Å². The Balaban J connectivity index is 1.92. The average molecular weight is 224 g/mol. The largest absolute Gasteiger partial charge is 0.325 e. The third-order valence-corrected chi connectivity index (χ3v) is 3.64. The number of benzene rings is 1. The molecule has 0 radical (unpaired) electrons. The van der Waals surface area contributed by atoms with Gasteiger partial charge in [-0.05, 0) is 43.4 Å². The summed E-state index contributed by atoms with van der Waals surface area (Å²) in [5.74, 6) is 0. The van der Waals surface area contributed by atoms with E-state index < -0.39 is 0 Å². The molecule has 2 N–H and O–H groups in total. The Hall–Kier alpha value is -0.530. The van der Waals surface area contributed by atoms with Crippen LogP contribution in [0.1, 0.15) is 37.7 Å². The number of nitrogens with two attached hydrogens (primary N) is 1. The lowest BCUT2D eigenvalue weighted by molar-refractivity contribution is 0.406. The lowest BCUT2D eigenvalue weighted by Gasteiger charge is -2.23. The Kier molecular flexibility index (Phi) is 3.32. The van der Waals surface area contributed by atoms with E-state index in [1.807, 2.05) is 18.2 Å². The highest BCUT2D eigenvalue weighted by Crippen LogP contribution is 2.31. The number of hydrogen-bond donors (Lipinski definition) is 1. The predicted molar refractivity (Wildman–Crippen MR) is 65.2 cm³/mol. The molecule has 0 unspecified atom stereocenters. The molecule has 1 aromatic rings. The molecule has 1 fully saturated rings. The fraction of sp³-hybridized carbons (Fsp3) is 0.538. The third kappa shape index (κ3) is 2.96. The summed E-state index contributed by atoms with van der Waals surface area (Å²) in [5.41, 5.74) is 7.72. The van der Waals surface area contributed by atoms with Crippen molar-refractivity contribution < 1.29 is 0 Å². The molecule has 0 amide bonds. The molecule has 0 spiro atoms. The molecule has 0 heterocycles. The molecule has 0 saturated heterocycles. The summed E-state index contributed by atoms with van der Waals surface area (Å²) in [4.78, 5) is 0. The van der Waals surface area contributed by atoms with Gasteiger partial charge in [0.25, 0.3) is 0 Å². The van der Waals surface area contributed by atoms with Gasteiger partial charge < -0.3 is 5.73 Å². The van der Waals surface area contributed by atoms with E-state index in [9.17, 15) is 0 Å². The van der Waals surface area contributed by atoms with Crippen LogP contribution in [0.3, 0.4) is 0 Å². The van der Waals surface area contributed by atoms with Gasteiger partial charge in [-0.3, -0.25) is 0 Å². The molecule has 1 aliphatic rings. The van der Waals surface area contributed by atoms with Gasteiger partial charge in [0.15, 0.2) is 0 Å². The fourth-order valence-electron chi connectivity index (χ4n) is 2.41. The van der Waals surface area contributed by atoms with E-state index in [1.54, 1.807) is 0 Å². The first-order valence-corrected chi connectivity index (χ1v) is 6.09. The van der Waals surface area contributed by atoms with Crippen molar-refractivity contribution in [2.24, 2.45) is 5.73 Å². The third-order valence-electron chi connectivity index (χ3n) is 3.40. The van der Waals surface area contributed by atoms with Crippen LogP contribution in [-0.2, 0) is 6.42 Å². The smallest absolute Gasteiger partial charge is 0.0408 e. The van der Waals surface area contributed by atoms with Crippen LogP contribution < -0.4 is 5.73 Å². The zero-order chi connectivity index (χ0) is 10.7. The first-order valence-electron chi connectivity index (χ1n) is 5.71. The first kappa shape index (κ1) is 11.0. The van der Waals surface area contributed by atoms with E-state index in [0.29, 0.717) is 0 Å². The molecule has 15 heavy (non-hydrogen) atoms. The molecule has 1 saturated carbocycles. The normalized spacial score (nSPS) is 19.3. The number of halogens is 1. The van der Waals surface area contributed by atoms with Gasteiger partial charge in [-0.1, -0.05) is 36.6 Å². The quantitative estimate of drug-likeness (QED) is 0.834. The van der Waals surface area contributed by atoms with Crippen molar-refractivity contribution in [3.8, 4) is 0 Å². The Bertz CT molecular complexity index is 329. The second-order valence-electron chi connectivity index (χ2n) is 4.70. The van der Waals surface area contributed by atoms with Crippen molar-refractivity contribution in [1.29, 1.82) is 0 Å². The zero-order valence-electron chi connectivity index (χ0n) is 9.01. The lowest BCUT2D eigenvalue weighted by atomic mass is 9.91. The molecule has 2 rings (SSSR count). The van der Waals surface area contributed by atoms with Crippen molar-refractivity contribution >= 4 is 11.6 Å². The summed E-state index contributed by atoms with van der Waals surface area (Å²) >= 11 is 5.94. The highest BCUT2D eigenvalue weighted by atomic mass is 35.5. The van der Waals surface area contributed by atoms with E-state index in [1.165, 1.54) is 31.2 Å². The van der Waals surface area contributed by atoms with Gasteiger partial charge in [0.2, 0.25) is 0 Å². The van der Waals surface area contributed by atoms with Crippen LogP contribution in [0.25, 0.3) is 0 Å². The van der Waals surface area contributed by atoms with Crippen LogP contribution in [0.2, 0.25) is 5.02 Å². The van der Waals surface area contributed by atoms with Crippen LogP contribution >= 0.6 is 11.6 Å². The monoisotopic (exact) mass is 223 g/mol. The van der Waals surface area contributed by atoms with Crippen molar-refractivity contribution in [2.75, 3.05) is 0 Å². The van der Waals surface area contributed by atoms with Gasteiger partial charge in [-0.2, -0.15) is 0 Å². The summed E-state index contributed by atoms with van der Waals surface area (Å²) in [6.07, 6.45) is 7.11. The van der Waals surface area contributed by atoms with E-state index in [4.69, 9.17) is 17.3 Å². The fourth-order valence-corrected chi connectivity index (χ4v) is 2.63. The minimum atomic E-state index is 0.0995. The average Bonchev–Trinajstić information content (AvgIpc) is 2.63. The summed E-state index contributed by atoms with van der Waals surface area (Å²) in [5, 5.41) is 0.824. The van der Waals surface area contributed by atoms with Gasteiger partial charge in [0, 0.05) is 10.6 Å². The van der Waals surface area contributed by atoms with Crippen molar-refractivity contribution in [1.82, 2.24) is 0 Å². The lowest BCUT2D eigenvalue weighted by Crippen LogP contribution is -2.36. The molecule has 0 aliphatic heterocycles. The summed E-state index contributed by atoms with van der Waals surface area (Å²) in [6, 6.07) is 8.10. The standard InChI is InChI=1S/C13H18ClN/c14-12-5-3-4-11(10-12)6-9-13(15)7-1-2-8-13/h3-5,10H,1-2,6-9,15H2. The maximum absolute atomic E-state index is 6.31. The van der Waals surface area contributed by atoms with Gasteiger partial charge in [0.05, 0.1) is 0 Å². The summed E-state index contributed by atoms with van der Waals surface area (Å²) in [6.45, 7) is 0. The minimum absolute atomic E-state index is 0.0995. The van der Waals surface area contributed by atoms with Crippen LogP contribution in [0.4, 0.5) is 0 Å². The molecule has 1 nitrogen and oxygen atoms in total. The van der Waals surface area contributed by atoms with E-state index in [0.717, 1.165) is 17.9 Å². The van der Waals surface area contributed by atoms with E-state index in [-0.39, 0.29) is 5.54 Å². The molecule has 82 valence electrons. The van der Waals surface area contributed by atoms with E-state index >= 15 is 0 Å². The Labute approximate surface area is 96.6 Å². The number of hydrogen-bond acceptors (Lipinski definition) is 1. The second kappa shape index (κ2) is 4.54. The highest BCUT2D eigenvalue weighted by molar-refractivity contribution is 6.30. The highest BCUT2D eigenvalue weighted by Gasteiger charge is 2.28. The molecule has 2 heteroatoms. The van der Waals surface area contributed by atoms with Gasteiger partial charge in [0.1, 0.15) is 0 Å².